The minimum absolute atomic E-state index is 0.270. The van der Waals surface area contributed by atoms with Crippen molar-refractivity contribution in [1.29, 1.82) is 0 Å². The van der Waals surface area contributed by atoms with E-state index in [0.717, 1.165) is 5.56 Å². The van der Waals surface area contributed by atoms with E-state index >= 15 is 0 Å². The zero-order chi connectivity index (χ0) is 11.3. The lowest BCUT2D eigenvalue weighted by Crippen LogP contribution is -2.20. The second kappa shape index (κ2) is 5.45. The maximum absolute atomic E-state index is 11.7. The quantitative estimate of drug-likeness (QED) is 0.758. The molecule has 0 aliphatic carbocycles. The highest BCUT2D eigenvalue weighted by Gasteiger charge is 2.25. The van der Waals surface area contributed by atoms with Crippen molar-refractivity contribution in [2.24, 2.45) is 5.73 Å². The fourth-order valence-electron chi connectivity index (χ4n) is 1.39. The van der Waals surface area contributed by atoms with Gasteiger partial charge in [-0.25, -0.2) is 0 Å². The minimum atomic E-state index is -3.17. The van der Waals surface area contributed by atoms with Crippen molar-refractivity contribution in [3.63, 3.8) is 0 Å². The van der Waals surface area contributed by atoms with Crippen molar-refractivity contribution >= 4 is 7.37 Å². The van der Waals surface area contributed by atoms with Crippen LogP contribution < -0.4 is 5.73 Å². The Morgan fingerprint density at radius 1 is 1.40 bits per heavy atom. The number of benzene rings is 1. The van der Waals surface area contributed by atoms with Crippen molar-refractivity contribution < 1.29 is 9.46 Å². The summed E-state index contributed by atoms with van der Waals surface area (Å²) < 4.78 is 11.7. The summed E-state index contributed by atoms with van der Waals surface area (Å²) in [5.74, 6) is -0.582. The van der Waals surface area contributed by atoms with E-state index in [2.05, 4.69) is 0 Å². The second-order valence-corrected chi connectivity index (χ2v) is 6.31. The van der Waals surface area contributed by atoms with Gasteiger partial charge in [0.15, 0.2) is 0 Å². The highest BCUT2D eigenvalue weighted by molar-refractivity contribution is 7.58. The van der Waals surface area contributed by atoms with Crippen molar-refractivity contribution in [2.45, 2.75) is 25.5 Å². The molecule has 0 saturated heterocycles. The molecule has 4 heteroatoms. The summed E-state index contributed by atoms with van der Waals surface area (Å²) in [7, 11) is -3.17. The average molecular weight is 227 g/mol. The van der Waals surface area contributed by atoms with Gasteiger partial charge in [0.05, 0.1) is 5.78 Å². The third-order valence-electron chi connectivity index (χ3n) is 2.50. The van der Waals surface area contributed by atoms with Crippen LogP contribution in [0.25, 0.3) is 0 Å². The molecule has 0 radical (unpaired) electrons. The maximum Gasteiger partial charge on any atom is 0.217 e. The van der Waals surface area contributed by atoms with Gasteiger partial charge in [-0.1, -0.05) is 37.3 Å². The van der Waals surface area contributed by atoms with E-state index in [1.54, 1.807) is 0 Å². The Morgan fingerprint density at radius 2 is 2.00 bits per heavy atom. The van der Waals surface area contributed by atoms with Gasteiger partial charge in [-0.2, -0.15) is 0 Å². The topological polar surface area (TPSA) is 63.3 Å². The lowest BCUT2D eigenvalue weighted by atomic mass is 10.2. The first-order valence-corrected chi connectivity index (χ1v) is 7.08. The van der Waals surface area contributed by atoms with Crippen molar-refractivity contribution in [3.8, 4) is 0 Å². The van der Waals surface area contributed by atoms with Gasteiger partial charge in [-0.3, -0.25) is 4.57 Å². The normalized spacial score (nSPS) is 17.0. The van der Waals surface area contributed by atoms with Gasteiger partial charge >= 0.3 is 0 Å². The molecule has 84 valence electrons. The molecule has 3 N–H and O–H groups in total. The lowest BCUT2D eigenvalue weighted by Gasteiger charge is -2.17. The number of aryl methyl sites for hydroxylation is 1. The van der Waals surface area contributed by atoms with E-state index in [0.29, 0.717) is 12.8 Å². The van der Waals surface area contributed by atoms with Crippen LogP contribution in [0.1, 0.15) is 18.9 Å². The van der Waals surface area contributed by atoms with Crippen LogP contribution in [-0.2, 0) is 11.0 Å². The first kappa shape index (κ1) is 12.4. The minimum Gasteiger partial charge on any atom is -0.343 e. The Labute approximate surface area is 90.8 Å². The van der Waals surface area contributed by atoms with E-state index in [4.69, 9.17) is 5.73 Å². The first-order valence-electron chi connectivity index (χ1n) is 5.17. The average Bonchev–Trinajstić information content (AvgIpc) is 2.27. The summed E-state index contributed by atoms with van der Waals surface area (Å²) in [4.78, 5) is 9.67. The highest BCUT2D eigenvalue weighted by Crippen LogP contribution is 2.45. The standard InChI is InChI=1S/C11H18NO2P/c1-2-11(12)15(13,14)9-8-10-6-4-3-5-7-10/h3-7,11H,2,8-9,12H2,1H3,(H,13,14). The Kier molecular flexibility index (Phi) is 4.52. The van der Waals surface area contributed by atoms with Crippen molar-refractivity contribution in [2.75, 3.05) is 6.16 Å². The molecule has 0 aromatic heterocycles. The molecule has 2 atom stereocenters. The Bertz CT molecular complexity index is 340. The smallest absolute Gasteiger partial charge is 0.217 e. The van der Waals surface area contributed by atoms with Gasteiger partial charge < -0.3 is 10.6 Å². The summed E-state index contributed by atoms with van der Waals surface area (Å²) in [6.07, 6.45) is 1.43. The van der Waals surface area contributed by atoms with E-state index < -0.39 is 13.2 Å². The maximum atomic E-state index is 11.7. The molecule has 15 heavy (non-hydrogen) atoms. The van der Waals surface area contributed by atoms with Crippen LogP contribution in [0.4, 0.5) is 0 Å². The number of rotatable bonds is 5. The number of hydrogen-bond donors (Lipinski definition) is 2. The number of hydrogen-bond acceptors (Lipinski definition) is 2. The van der Waals surface area contributed by atoms with Crippen LogP contribution in [0.3, 0.4) is 0 Å². The first-order chi connectivity index (χ1) is 7.06. The van der Waals surface area contributed by atoms with Gasteiger partial charge in [0.25, 0.3) is 0 Å². The van der Waals surface area contributed by atoms with Crippen LogP contribution in [0, 0.1) is 0 Å². The zero-order valence-electron chi connectivity index (χ0n) is 8.97. The summed E-state index contributed by atoms with van der Waals surface area (Å²) in [6.45, 7) is 1.83. The fraction of sp³-hybridized carbons (Fsp3) is 0.455. The van der Waals surface area contributed by atoms with Gasteiger partial charge in [0.2, 0.25) is 7.37 Å². The Balaban J connectivity index is 2.54. The van der Waals surface area contributed by atoms with Gasteiger partial charge in [0.1, 0.15) is 0 Å². The molecule has 0 bridgehead atoms. The summed E-state index contributed by atoms with van der Waals surface area (Å²) in [5.41, 5.74) is 6.68. The Hall–Kier alpha value is -0.630. The van der Waals surface area contributed by atoms with Crippen LogP contribution in [-0.4, -0.2) is 16.8 Å². The number of nitrogens with two attached hydrogens (primary N) is 1. The van der Waals surface area contributed by atoms with Gasteiger partial charge in [-0.15, -0.1) is 0 Å². The third kappa shape index (κ3) is 3.78. The largest absolute Gasteiger partial charge is 0.343 e. The van der Waals surface area contributed by atoms with E-state index in [-0.39, 0.29) is 6.16 Å². The molecular formula is C11H18NO2P. The molecule has 1 aromatic carbocycles. The predicted molar refractivity (Wildman–Crippen MR) is 63.1 cm³/mol. The van der Waals surface area contributed by atoms with Gasteiger partial charge in [-0.05, 0) is 18.4 Å². The molecule has 0 fully saturated rings. The summed E-state index contributed by atoms with van der Waals surface area (Å²) >= 11 is 0. The summed E-state index contributed by atoms with van der Waals surface area (Å²) in [6, 6.07) is 9.70. The molecule has 1 rings (SSSR count). The molecule has 0 heterocycles. The highest BCUT2D eigenvalue weighted by atomic mass is 31.2. The molecule has 0 aliphatic heterocycles. The molecule has 1 aromatic rings. The van der Waals surface area contributed by atoms with E-state index in [9.17, 15) is 9.46 Å². The zero-order valence-corrected chi connectivity index (χ0v) is 9.86. The van der Waals surface area contributed by atoms with Crippen LogP contribution in [0.5, 0.6) is 0 Å². The SMILES string of the molecule is CCC(N)P(=O)(O)CCc1ccccc1. The molecule has 0 saturated carbocycles. The van der Waals surface area contributed by atoms with Crippen molar-refractivity contribution in [1.82, 2.24) is 0 Å². The molecule has 0 spiro atoms. The van der Waals surface area contributed by atoms with E-state index in [1.807, 2.05) is 37.3 Å². The summed E-state index contributed by atoms with van der Waals surface area (Å²) in [5, 5.41) is 0. The monoisotopic (exact) mass is 227 g/mol. The van der Waals surface area contributed by atoms with Crippen molar-refractivity contribution in [3.05, 3.63) is 35.9 Å². The molecule has 0 amide bonds. The van der Waals surface area contributed by atoms with Gasteiger partial charge in [0, 0.05) is 6.16 Å². The Morgan fingerprint density at radius 3 is 2.53 bits per heavy atom. The second-order valence-electron chi connectivity index (χ2n) is 3.69. The molecule has 2 unspecified atom stereocenters. The molecule has 0 aliphatic rings. The molecule has 3 nitrogen and oxygen atoms in total. The van der Waals surface area contributed by atoms with Crippen LogP contribution in [0.2, 0.25) is 0 Å². The van der Waals surface area contributed by atoms with E-state index in [1.165, 1.54) is 0 Å². The molecular weight excluding hydrogens is 209 g/mol. The third-order valence-corrected chi connectivity index (χ3v) is 4.77. The fourth-order valence-corrected chi connectivity index (χ4v) is 2.87. The van der Waals surface area contributed by atoms with Crippen LogP contribution >= 0.6 is 7.37 Å². The van der Waals surface area contributed by atoms with Crippen LogP contribution in [0.15, 0.2) is 30.3 Å². The lowest BCUT2D eigenvalue weighted by molar-refractivity contribution is 0.460. The predicted octanol–water partition coefficient (Wildman–Crippen LogP) is 2.19.